The van der Waals surface area contributed by atoms with E-state index in [9.17, 15) is 14.4 Å². The number of carbonyl (C=O) groups is 3. The van der Waals surface area contributed by atoms with Crippen molar-refractivity contribution in [3.8, 4) is 5.75 Å². The van der Waals surface area contributed by atoms with E-state index >= 15 is 0 Å². The molecule has 216 valence electrons. The van der Waals surface area contributed by atoms with E-state index < -0.39 is 17.9 Å². The highest BCUT2D eigenvalue weighted by Crippen LogP contribution is 2.14. The van der Waals surface area contributed by atoms with E-state index in [2.05, 4.69) is 17.6 Å². The standard InChI is InChI=1S/C30H45N3O5S/c1-3-5-6-7-8-9-10-11-12-13-22-38-28(35)23-26-29(36)31-20-21-33(26)30(39)32-27(34)19-16-24-14-17-25(18-15-24)37-4-2/h14-19,26H,3-13,20-23H2,1-2H3,(H,31,36)(H,32,34,39)/b19-16+. The molecule has 2 rings (SSSR count). The molecule has 0 saturated carbocycles. The van der Waals surface area contributed by atoms with Gasteiger partial charge in [-0.05, 0) is 49.3 Å². The van der Waals surface area contributed by atoms with E-state index in [1.54, 1.807) is 11.0 Å². The van der Waals surface area contributed by atoms with Gasteiger partial charge >= 0.3 is 5.97 Å². The third-order valence-electron chi connectivity index (χ3n) is 6.56. The number of ether oxygens (including phenoxy) is 2. The fraction of sp³-hybridized carbons (Fsp3) is 0.600. The zero-order valence-corrected chi connectivity index (χ0v) is 24.4. The van der Waals surface area contributed by atoms with Crippen molar-refractivity contribution in [1.82, 2.24) is 15.5 Å². The molecule has 1 aromatic carbocycles. The van der Waals surface area contributed by atoms with E-state index in [0.717, 1.165) is 30.6 Å². The fourth-order valence-corrected chi connectivity index (χ4v) is 4.70. The summed E-state index contributed by atoms with van der Waals surface area (Å²) in [6.07, 6.45) is 15.0. The lowest BCUT2D eigenvalue weighted by Crippen LogP contribution is -2.60. The number of rotatable bonds is 17. The highest BCUT2D eigenvalue weighted by molar-refractivity contribution is 7.80. The van der Waals surface area contributed by atoms with Crippen LogP contribution in [0.3, 0.4) is 0 Å². The Labute approximate surface area is 238 Å². The monoisotopic (exact) mass is 559 g/mol. The van der Waals surface area contributed by atoms with Crippen LogP contribution in [0.25, 0.3) is 6.08 Å². The summed E-state index contributed by atoms with van der Waals surface area (Å²) in [6.45, 7) is 5.85. The van der Waals surface area contributed by atoms with Gasteiger partial charge < -0.3 is 19.7 Å². The molecule has 0 aromatic heterocycles. The van der Waals surface area contributed by atoms with Crippen LogP contribution in [0, 0.1) is 0 Å². The maximum absolute atomic E-state index is 12.5. The second-order valence-corrected chi connectivity index (χ2v) is 10.1. The Hall–Kier alpha value is -2.94. The minimum Gasteiger partial charge on any atom is -0.494 e. The predicted octanol–water partition coefficient (Wildman–Crippen LogP) is 5.15. The van der Waals surface area contributed by atoms with Gasteiger partial charge in [0.1, 0.15) is 11.8 Å². The first-order chi connectivity index (χ1) is 18.9. The number of benzene rings is 1. The number of unbranched alkanes of at least 4 members (excludes halogenated alkanes) is 9. The molecule has 0 radical (unpaired) electrons. The molecule has 1 aromatic rings. The second kappa shape index (κ2) is 19.2. The molecule has 1 aliphatic heterocycles. The van der Waals surface area contributed by atoms with Gasteiger partial charge in [0.25, 0.3) is 0 Å². The SMILES string of the molecule is CCCCCCCCCCCCOC(=O)CC1C(=O)NCCN1C(=S)NC(=O)/C=C/c1ccc(OCC)cc1. The van der Waals surface area contributed by atoms with Gasteiger partial charge in [-0.15, -0.1) is 0 Å². The summed E-state index contributed by atoms with van der Waals surface area (Å²) >= 11 is 5.41. The zero-order valence-electron chi connectivity index (χ0n) is 23.5. The smallest absolute Gasteiger partial charge is 0.308 e. The summed E-state index contributed by atoms with van der Waals surface area (Å²) in [4.78, 5) is 39.0. The Morgan fingerprint density at radius 2 is 1.67 bits per heavy atom. The van der Waals surface area contributed by atoms with Crippen LogP contribution >= 0.6 is 12.2 Å². The van der Waals surface area contributed by atoms with Gasteiger partial charge in [-0.1, -0.05) is 76.8 Å². The molecule has 39 heavy (non-hydrogen) atoms. The quantitative estimate of drug-likeness (QED) is 0.118. The molecule has 2 N–H and O–H groups in total. The van der Waals surface area contributed by atoms with Crippen LogP contribution in [0.2, 0.25) is 0 Å². The Balaban J connectivity index is 1.71. The first-order valence-corrected chi connectivity index (χ1v) is 14.8. The summed E-state index contributed by atoms with van der Waals surface area (Å²) in [5, 5.41) is 5.51. The normalized spacial score (nSPS) is 15.2. The lowest BCUT2D eigenvalue weighted by atomic mass is 10.1. The number of nitrogens with zero attached hydrogens (tertiary/aromatic N) is 1. The Kier molecular flexibility index (Phi) is 15.9. The van der Waals surface area contributed by atoms with E-state index in [-0.39, 0.29) is 17.4 Å². The van der Waals surface area contributed by atoms with Gasteiger partial charge in [0.05, 0.1) is 19.6 Å². The average molecular weight is 560 g/mol. The molecule has 1 unspecified atom stereocenters. The topological polar surface area (TPSA) is 97.0 Å². The number of amides is 2. The molecule has 9 heteroatoms. The van der Waals surface area contributed by atoms with Crippen molar-refractivity contribution in [2.24, 2.45) is 0 Å². The van der Waals surface area contributed by atoms with Gasteiger partial charge in [-0.25, -0.2) is 0 Å². The van der Waals surface area contributed by atoms with Crippen LogP contribution in [0.15, 0.2) is 30.3 Å². The highest BCUT2D eigenvalue weighted by Gasteiger charge is 2.34. The summed E-state index contributed by atoms with van der Waals surface area (Å²) in [6, 6.07) is 6.54. The molecule has 1 atom stereocenters. The Morgan fingerprint density at radius 1 is 1.03 bits per heavy atom. The molecule has 2 amide bonds. The van der Waals surface area contributed by atoms with Crippen LogP contribution < -0.4 is 15.4 Å². The largest absolute Gasteiger partial charge is 0.494 e. The molecule has 0 spiro atoms. The maximum atomic E-state index is 12.5. The molecule has 1 aliphatic rings. The lowest BCUT2D eigenvalue weighted by Gasteiger charge is -2.36. The van der Waals surface area contributed by atoms with E-state index in [4.69, 9.17) is 21.7 Å². The van der Waals surface area contributed by atoms with Crippen LogP contribution in [0.5, 0.6) is 5.75 Å². The first-order valence-electron chi connectivity index (χ1n) is 14.4. The number of hydrogen-bond donors (Lipinski definition) is 2. The van der Waals surface area contributed by atoms with Crippen molar-refractivity contribution >= 4 is 41.2 Å². The summed E-state index contributed by atoms with van der Waals surface area (Å²) in [5.41, 5.74) is 0.833. The van der Waals surface area contributed by atoms with Crippen LogP contribution in [0.1, 0.15) is 90.0 Å². The average Bonchev–Trinajstić information content (AvgIpc) is 2.92. The van der Waals surface area contributed by atoms with E-state index in [1.807, 2.05) is 31.2 Å². The van der Waals surface area contributed by atoms with Crippen molar-refractivity contribution in [1.29, 1.82) is 0 Å². The number of esters is 1. The molecular weight excluding hydrogens is 514 g/mol. The number of thiocarbonyl (C=S) groups is 1. The minimum absolute atomic E-state index is 0.110. The molecular formula is C30H45N3O5S. The maximum Gasteiger partial charge on any atom is 0.308 e. The number of hydrogen-bond acceptors (Lipinski definition) is 6. The van der Waals surface area contributed by atoms with Gasteiger partial charge in [-0.3, -0.25) is 19.7 Å². The molecule has 8 nitrogen and oxygen atoms in total. The van der Waals surface area contributed by atoms with E-state index in [1.165, 1.54) is 51.0 Å². The lowest BCUT2D eigenvalue weighted by molar-refractivity contribution is -0.147. The van der Waals surface area contributed by atoms with Gasteiger partial charge in [-0.2, -0.15) is 0 Å². The van der Waals surface area contributed by atoms with E-state index in [0.29, 0.717) is 26.3 Å². The number of piperazine rings is 1. The van der Waals surface area contributed by atoms with Crippen molar-refractivity contribution in [3.63, 3.8) is 0 Å². The molecule has 1 fully saturated rings. The molecule has 1 heterocycles. The van der Waals surface area contributed by atoms with Crippen LogP contribution in [-0.2, 0) is 19.1 Å². The number of carbonyl (C=O) groups excluding carboxylic acids is 3. The predicted molar refractivity (Wildman–Crippen MR) is 158 cm³/mol. The zero-order chi connectivity index (χ0) is 28.3. The molecule has 0 aliphatic carbocycles. The first kappa shape index (κ1) is 32.3. The molecule has 0 bridgehead atoms. The third-order valence-corrected chi connectivity index (χ3v) is 6.90. The van der Waals surface area contributed by atoms with Gasteiger partial charge in [0, 0.05) is 19.2 Å². The van der Waals surface area contributed by atoms with Crippen molar-refractivity contribution in [2.45, 2.75) is 90.5 Å². The highest BCUT2D eigenvalue weighted by atomic mass is 32.1. The fourth-order valence-electron chi connectivity index (χ4n) is 4.39. The summed E-state index contributed by atoms with van der Waals surface area (Å²) < 4.78 is 10.8. The van der Waals surface area contributed by atoms with Crippen LogP contribution in [0.4, 0.5) is 0 Å². The number of nitrogens with one attached hydrogen (secondary N) is 2. The van der Waals surface area contributed by atoms with Crippen molar-refractivity contribution < 1.29 is 23.9 Å². The summed E-state index contributed by atoms with van der Waals surface area (Å²) in [7, 11) is 0. The van der Waals surface area contributed by atoms with Crippen molar-refractivity contribution in [3.05, 3.63) is 35.9 Å². The van der Waals surface area contributed by atoms with Gasteiger partial charge in [0.15, 0.2) is 5.11 Å². The van der Waals surface area contributed by atoms with Crippen LogP contribution in [-0.4, -0.2) is 60.1 Å². The Bertz CT molecular complexity index is 935. The third kappa shape index (κ3) is 13.1. The van der Waals surface area contributed by atoms with Crippen molar-refractivity contribution in [2.75, 3.05) is 26.3 Å². The summed E-state index contributed by atoms with van der Waals surface area (Å²) in [5.74, 6) is -0.403. The second-order valence-electron chi connectivity index (χ2n) is 9.74. The van der Waals surface area contributed by atoms with Gasteiger partial charge in [0.2, 0.25) is 11.8 Å². The molecule has 1 saturated heterocycles. The minimum atomic E-state index is -0.818. The Morgan fingerprint density at radius 3 is 2.31 bits per heavy atom.